The van der Waals surface area contributed by atoms with Gasteiger partial charge in [-0.15, -0.1) is 0 Å². The number of hydrogen-bond acceptors (Lipinski definition) is 3. The fraction of sp³-hybridized carbons (Fsp3) is 0.0667. The lowest BCUT2D eigenvalue weighted by Crippen LogP contribution is -2.70. The Bertz CT molecular complexity index is 2520. The Hall–Kier alpha value is -5.93. The molecule has 0 unspecified atom stereocenters. The maximum Gasteiger partial charge on any atom is 0.252 e. The smallest absolute Gasteiger partial charge is 0.252 e. The Labute approximate surface area is 293 Å². The van der Waals surface area contributed by atoms with Crippen LogP contribution in [0.1, 0.15) is 25.0 Å². The van der Waals surface area contributed by atoms with Gasteiger partial charge >= 0.3 is 0 Å². The van der Waals surface area contributed by atoms with Gasteiger partial charge in [0.2, 0.25) is 6.71 Å². The Balaban J connectivity index is 1.29. The fourth-order valence-corrected chi connectivity index (χ4v) is 9.54. The molecule has 0 aliphatic carbocycles. The zero-order valence-electron chi connectivity index (χ0n) is 28.0. The Morgan fingerprint density at radius 2 is 0.940 bits per heavy atom. The van der Waals surface area contributed by atoms with E-state index in [-0.39, 0.29) is 18.8 Å². The predicted octanol–water partition coefficient (Wildman–Crippen LogP) is 7.03. The van der Waals surface area contributed by atoms with E-state index in [4.69, 9.17) is 4.74 Å². The van der Waals surface area contributed by atoms with Gasteiger partial charge in [-0.3, -0.25) is 0 Å². The average Bonchev–Trinajstić information content (AvgIpc) is 3.16. The first-order valence-corrected chi connectivity index (χ1v) is 17.6. The molecule has 11 rings (SSSR count). The topological polar surface area (TPSA) is 15.7 Å². The van der Waals surface area contributed by atoms with Crippen molar-refractivity contribution < 1.29 is 4.74 Å². The van der Waals surface area contributed by atoms with E-state index in [0.717, 1.165) is 17.2 Å². The van der Waals surface area contributed by atoms with Crippen LogP contribution in [0.25, 0.3) is 0 Å². The lowest BCUT2D eigenvalue weighted by Gasteiger charge is -2.51. The van der Waals surface area contributed by atoms with Gasteiger partial charge in [-0.25, -0.2) is 0 Å². The van der Waals surface area contributed by atoms with Crippen molar-refractivity contribution in [3.63, 3.8) is 0 Å². The molecule has 50 heavy (non-hydrogen) atoms. The van der Waals surface area contributed by atoms with Gasteiger partial charge < -0.3 is 14.5 Å². The van der Waals surface area contributed by atoms with Crippen molar-refractivity contribution in [3.8, 4) is 11.5 Å². The maximum absolute atomic E-state index is 6.69. The molecular weight excluding hydrogens is 606 g/mol. The van der Waals surface area contributed by atoms with Crippen molar-refractivity contribution in [3.05, 3.63) is 169 Å². The van der Waals surface area contributed by atoms with Gasteiger partial charge in [-0.1, -0.05) is 129 Å². The van der Waals surface area contributed by atoms with Crippen LogP contribution < -0.4 is 47.3 Å². The van der Waals surface area contributed by atoms with Crippen LogP contribution in [0.15, 0.2) is 158 Å². The molecule has 0 bridgehead atoms. The molecule has 0 fully saturated rings. The SMILES string of the molecule is CC1(C)c2ccccc2B2c3ccccc3N3c4ccccc4B4c5ccccc5N(c5ccccc5Oc5ccccc5)c5cc1c2c3c54. The molecule has 4 aliphatic heterocycles. The molecule has 0 amide bonds. The van der Waals surface area contributed by atoms with Crippen LogP contribution in [0, 0.1) is 0 Å². The first kappa shape index (κ1) is 28.0. The second kappa shape index (κ2) is 10.1. The van der Waals surface area contributed by atoms with E-state index < -0.39 is 0 Å². The lowest BCUT2D eigenvalue weighted by molar-refractivity contribution is 0.484. The zero-order valence-corrected chi connectivity index (χ0v) is 28.0. The Kier molecular flexibility index (Phi) is 5.62. The van der Waals surface area contributed by atoms with Crippen molar-refractivity contribution in [2.45, 2.75) is 19.3 Å². The van der Waals surface area contributed by atoms with Crippen molar-refractivity contribution in [1.29, 1.82) is 0 Å². The summed E-state index contributed by atoms with van der Waals surface area (Å²) in [5, 5.41) is 0. The molecule has 0 saturated carbocycles. The van der Waals surface area contributed by atoms with E-state index in [1.807, 2.05) is 30.3 Å². The van der Waals surface area contributed by atoms with Crippen LogP contribution in [0.4, 0.5) is 34.1 Å². The third kappa shape index (κ3) is 3.57. The van der Waals surface area contributed by atoms with E-state index in [1.165, 1.54) is 72.3 Å². The highest BCUT2D eigenvalue weighted by molar-refractivity contribution is 7.04. The first-order chi connectivity index (χ1) is 24.6. The molecule has 0 saturated heterocycles. The van der Waals surface area contributed by atoms with Crippen LogP contribution in [-0.2, 0) is 5.41 Å². The normalized spacial score (nSPS) is 15.0. The molecule has 7 aromatic carbocycles. The minimum Gasteiger partial charge on any atom is -0.455 e. The average molecular weight is 638 g/mol. The van der Waals surface area contributed by atoms with Crippen molar-refractivity contribution in [1.82, 2.24) is 0 Å². The number of ether oxygens (including phenoxy) is 1. The minimum atomic E-state index is -0.221. The number of rotatable bonds is 3. The highest BCUT2D eigenvalue weighted by Crippen LogP contribution is 2.50. The summed E-state index contributed by atoms with van der Waals surface area (Å²) < 4.78 is 6.69. The summed E-state index contributed by atoms with van der Waals surface area (Å²) in [7, 11) is 0. The van der Waals surface area contributed by atoms with E-state index in [9.17, 15) is 0 Å². The number of para-hydroxylation sites is 6. The van der Waals surface area contributed by atoms with E-state index in [0.29, 0.717) is 0 Å². The van der Waals surface area contributed by atoms with Crippen molar-refractivity contribution in [2.75, 3.05) is 9.80 Å². The van der Waals surface area contributed by atoms with E-state index in [2.05, 4.69) is 151 Å². The fourth-order valence-electron chi connectivity index (χ4n) is 9.54. The van der Waals surface area contributed by atoms with Gasteiger partial charge in [0.15, 0.2) is 5.75 Å². The number of fused-ring (bicyclic) bond motifs is 10. The quantitative estimate of drug-likeness (QED) is 0.194. The van der Waals surface area contributed by atoms with E-state index >= 15 is 0 Å². The molecule has 0 radical (unpaired) electrons. The molecule has 0 N–H and O–H groups in total. The molecule has 7 aromatic rings. The molecule has 3 nitrogen and oxygen atoms in total. The largest absolute Gasteiger partial charge is 0.455 e. The highest BCUT2D eigenvalue weighted by Gasteiger charge is 2.52. The predicted molar refractivity (Wildman–Crippen MR) is 210 cm³/mol. The molecule has 234 valence electrons. The molecule has 5 heteroatoms. The Morgan fingerprint density at radius 3 is 1.60 bits per heavy atom. The second-order valence-electron chi connectivity index (χ2n) is 14.4. The van der Waals surface area contributed by atoms with Crippen LogP contribution in [0.5, 0.6) is 11.5 Å². The summed E-state index contributed by atoms with van der Waals surface area (Å²) in [6, 6.07) is 57.5. The lowest BCUT2D eigenvalue weighted by atomic mass is 9.27. The van der Waals surface area contributed by atoms with Crippen LogP contribution in [0.2, 0.25) is 0 Å². The number of hydrogen-bond donors (Lipinski definition) is 0. The van der Waals surface area contributed by atoms with Gasteiger partial charge in [0.1, 0.15) is 5.75 Å². The minimum absolute atomic E-state index is 0.0820. The van der Waals surface area contributed by atoms with Gasteiger partial charge in [0.05, 0.1) is 5.69 Å². The number of nitrogens with zero attached hydrogens (tertiary/aromatic N) is 2. The first-order valence-electron chi connectivity index (χ1n) is 17.6. The number of benzene rings is 7. The summed E-state index contributed by atoms with van der Waals surface area (Å²) in [6.45, 7) is 5.06. The molecule has 0 spiro atoms. The Morgan fingerprint density at radius 1 is 0.440 bits per heavy atom. The summed E-state index contributed by atoms with van der Waals surface area (Å²) in [6.07, 6.45) is 0. The molecule has 0 atom stereocenters. The van der Waals surface area contributed by atoms with E-state index in [1.54, 1.807) is 0 Å². The molecule has 4 aliphatic rings. The monoisotopic (exact) mass is 638 g/mol. The molecular formula is C45H32B2N2O. The zero-order chi connectivity index (χ0) is 33.1. The van der Waals surface area contributed by atoms with Gasteiger partial charge in [0, 0.05) is 33.9 Å². The number of anilines is 6. The third-order valence-corrected chi connectivity index (χ3v) is 11.6. The molecule has 0 aromatic heterocycles. The van der Waals surface area contributed by atoms with Crippen molar-refractivity contribution in [2.24, 2.45) is 0 Å². The standard InChI is InChI=1S/C45H32B2N2O/c1-45(2)30-18-6-7-19-32(30)46-34-21-9-12-24-37(34)49-38-25-13-10-22-35(38)47-33-20-8-11-23-36(33)48(40-28-31(45)42(46)44(49)43(40)47)39-26-14-15-27-41(39)50-29-16-4-3-5-17-29/h3-28H,1-2H3. The van der Waals surface area contributed by atoms with Crippen molar-refractivity contribution >= 4 is 80.3 Å². The van der Waals surface area contributed by atoms with Crippen LogP contribution in [0.3, 0.4) is 0 Å². The maximum atomic E-state index is 6.69. The third-order valence-electron chi connectivity index (χ3n) is 11.6. The molecule has 4 heterocycles. The summed E-state index contributed by atoms with van der Waals surface area (Å²) in [5.41, 5.74) is 18.1. The van der Waals surface area contributed by atoms with Gasteiger partial charge in [-0.2, -0.15) is 0 Å². The van der Waals surface area contributed by atoms with Crippen LogP contribution in [-0.4, -0.2) is 13.4 Å². The second-order valence-corrected chi connectivity index (χ2v) is 14.4. The van der Waals surface area contributed by atoms with Gasteiger partial charge in [0.25, 0.3) is 6.71 Å². The van der Waals surface area contributed by atoms with Gasteiger partial charge in [-0.05, 0) is 87.0 Å². The summed E-state index contributed by atoms with van der Waals surface area (Å²) in [4.78, 5) is 5.08. The highest BCUT2D eigenvalue weighted by atomic mass is 16.5. The summed E-state index contributed by atoms with van der Waals surface area (Å²) >= 11 is 0. The van der Waals surface area contributed by atoms with Crippen LogP contribution >= 0.6 is 0 Å². The summed E-state index contributed by atoms with van der Waals surface area (Å²) in [5.74, 6) is 1.65.